The quantitative estimate of drug-likeness (QED) is 0.758. The molecule has 0 unspecified atom stereocenters. The van der Waals surface area contributed by atoms with Gasteiger partial charge in [-0.15, -0.1) is 0 Å². The second-order valence-corrected chi connectivity index (χ2v) is 3.37. The molecule has 0 fully saturated rings. The smallest absolute Gasteiger partial charge is 0.150 e. The standard InChI is InChI=1S/C11H12N2O2/c14-5-1-2-11-12-7-10-6-9(8-15)3-4-13(10)11/h3-4,6-8,14H,1-2,5H2. The van der Waals surface area contributed by atoms with Gasteiger partial charge in [-0.05, 0) is 18.6 Å². The summed E-state index contributed by atoms with van der Waals surface area (Å²) < 4.78 is 1.93. The molecule has 0 spiro atoms. The predicted octanol–water partition coefficient (Wildman–Crippen LogP) is 1.07. The molecule has 2 rings (SSSR count). The zero-order valence-electron chi connectivity index (χ0n) is 8.26. The Morgan fingerprint density at radius 1 is 1.53 bits per heavy atom. The molecule has 2 aromatic heterocycles. The fourth-order valence-electron chi connectivity index (χ4n) is 1.57. The summed E-state index contributed by atoms with van der Waals surface area (Å²) in [6.45, 7) is 0.168. The number of nitrogens with zero attached hydrogens (tertiary/aromatic N) is 2. The van der Waals surface area contributed by atoms with Crippen molar-refractivity contribution in [3.05, 3.63) is 35.9 Å². The highest BCUT2D eigenvalue weighted by Crippen LogP contribution is 2.10. The maximum atomic E-state index is 10.6. The van der Waals surface area contributed by atoms with E-state index in [1.807, 2.05) is 10.6 Å². The van der Waals surface area contributed by atoms with Crippen LogP contribution in [-0.4, -0.2) is 27.4 Å². The zero-order valence-corrected chi connectivity index (χ0v) is 8.26. The topological polar surface area (TPSA) is 54.6 Å². The first-order valence-electron chi connectivity index (χ1n) is 4.87. The number of carbonyl (C=O) groups is 1. The number of hydrogen-bond donors (Lipinski definition) is 1. The summed E-state index contributed by atoms with van der Waals surface area (Å²) >= 11 is 0. The number of fused-ring (bicyclic) bond motifs is 1. The number of pyridine rings is 1. The van der Waals surface area contributed by atoms with Crippen LogP contribution < -0.4 is 0 Å². The molecule has 0 aliphatic carbocycles. The van der Waals surface area contributed by atoms with Crippen molar-refractivity contribution in [3.8, 4) is 0 Å². The third-order valence-electron chi connectivity index (χ3n) is 2.33. The van der Waals surface area contributed by atoms with Crippen LogP contribution in [0.3, 0.4) is 0 Å². The van der Waals surface area contributed by atoms with Crippen molar-refractivity contribution in [1.82, 2.24) is 9.38 Å². The van der Waals surface area contributed by atoms with Crippen molar-refractivity contribution in [2.75, 3.05) is 6.61 Å². The Bertz CT molecular complexity index is 476. The predicted molar refractivity (Wildman–Crippen MR) is 56.0 cm³/mol. The van der Waals surface area contributed by atoms with Crippen LogP contribution in [0.4, 0.5) is 0 Å². The van der Waals surface area contributed by atoms with Gasteiger partial charge in [0.1, 0.15) is 12.1 Å². The first kappa shape index (κ1) is 9.86. The Labute approximate surface area is 87.2 Å². The Morgan fingerprint density at radius 2 is 2.40 bits per heavy atom. The molecule has 0 saturated carbocycles. The van der Waals surface area contributed by atoms with Crippen LogP contribution in [0.15, 0.2) is 24.5 Å². The number of aldehydes is 1. The Balaban J connectivity index is 2.38. The highest BCUT2D eigenvalue weighted by molar-refractivity contribution is 5.77. The average molecular weight is 204 g/mol. The number of imidazole rings is 1. The minimum Gasteiger partial charge on any atom is -0.396 e. The number of carbonyl (C=O) groups excluding carboxylic acids is 1. The number of aryl methyl sites for hydroxylation is 1. The van der Waals surface area contributed by atoms with E-state index < -0.39 is 0 Å². The van der Waals surface area contributed by atoms with Gasteiger partial charge in [0.05, 0.1) is 11.7 Å². The molecule has 4 heteroatoms. The summed E-state index contributed by atoms with van der Waals surface area (Å²) in [5.74, 6) is 0.913. The Hall–Kier alpha value is -1.68. The summed E-state index contributed by atoms with van der Waals surface area (Å²) in [7, 11) is 0. The van der Waals surface area contributed by atoms with Crippen molar-refractivity contribution in [1.29, 1.82) is 0 Å². The van der Waals surface area contributed by atoms with E-state index in [4.69, 9.17) is 5.11 Å². The van der Waals surface area contributed by atoms with Gasteiger partial charge in [-0.3, -0.25) is 4.79 Å². The maximum Gasteiger partial charge on any atom is 0.150 e. The van der Waals surface area contributed by atoms with Crippen LogP contribution in [0.5, 0.6) is 0 Å². The molecule has 0 amide bonds. The van der Waals surface area contributed by atoms with E-state index in [-0.39, 0.29) is 6.61 Å². The van der Waals surface area contributed by atoms with Gasteiger partial charge in [-0.2, -0.15) is 0 Å². The lowest BCUT2D eigenvalue weighted by Gasteiger charge is -2.00. The molecule has 0 bridgehead atoms. The Morgan fingerprint density at radius 3 is 3.13 bits per heavy atom. The molecule has 78 valence electrons. The number of aromatic nitrogens is 2. The molecule has 0 aliphatic heterocycles. The highest BCUT2D eigenvalue weighted by Gasteiger charge is 2.03. The first-order valence-corrected chi connectivity index (χ1v) is 4.87. The van der Waals surface area contributed by atoms with Crippen LogP contribution in [-0.2, 0) is 6.42 Å². The van der Waals surface area contributed by atoms with E-state index >= 15 is 0 Å². The van der Waals surface area contributed by atoms with E-state index in [0.717, 1.165) is 24.0 Å². The molecule has 0 aliphatic rings. The number of aliphatic hydroxyl groups is 1. The molecular formula is C11H12N2O2. The van der Waals surface area contributed by atoms with Crippen LogP contribution in [0.1, 0.15) is 22.6 Å². The molecule has 0 radical (unpaired) electrons. The van der Waals surface area contributed by atoms with Gasteiger partial charge in [0, 0.05) is 24.8 Å². The SMILES string of the molecule is O=Cc1ccn2c(CCCO)ncc2c1. The van der Waals surface area contributed by atoms with Gasteiger partial charge in [-0.1, -0.05) is 0 Å². The lowest BCUT2D eigenvalue weighted by atomic mass is 10.2. The fraction of sp³-hybridized carbons (Fsp3) is 0.273. The fourth-order valence-corrected chi connectivity index (χ4v) is 1.57. The van der Waals surface area contributed by atoms with E-state index in [1.54, 1.807) is 18.3 Å². The van der Waals surface area contributed by atoms with E-state index in [9.17, 15) is 4.79 Å². The minimum absolute atomic E-state index is 0.168. The molecule has 1 N–H and O–H groups in total. The monoisotopic (exact) mass is 204 g/mol. The molecule has 2 aromatic rings. The number of hydrogen-bond acceptors (Lipinski definition) is 3. The van der Waals surface area contributed by atoms with Gasteiger partial charge >= 0.3 is 0 Å². The van der Waals surface area contributed by atoms with Gasteiger partial charge < -0.3 is 9.51 Å². The van der Waals surface area contributed by atoms with Gasteiger partial charge in [-0.25, -0.2) is 4.98 Å². The molecule has 4 nitrogen and oxygen atoms in total. The third kappa shape index (κ3) is 1.89. The van der Waals surface area contributed by atoms with Crippen LogP contribution in [0.2, 0.25) is 0 Å². The normalized spacial score (nSPS) is 10.7. The van der Waals surface area contributed by atoms with Crippen molar-refractivity contribution < 1.29 is 9.90 Å². The van der Waals surface area contributed by atoms with E-state index in [0.29, 0.717) is 12.0 Å². The lowest BCUT2D eigenvalue weighted by molar-refractivity contribution is 0.112. The zero-order chi connectivity index (χ0) is 10.7. The van der Waals surface area contributed by atoms with Crippen LogP contribution in [0.25, 0.3) is 5.52 Å². The lowest BCUT2D eigenvalue weighted by Crippen LogP contribution is -1.97. The van der Waals surface area contributed by atoms with Crippen molar-refractivity contribution in [2.24, 2.45) is 0 Å². The number of rotatable bonds is 4. The molecular weight excluding hydrogens is 192 g/mol. The second kappa shape index (κ2) is 4.23. The summed E-state index contributed by atoms with van der Waals surface area (Å²) in [5.41, 5.74) is 1.56. The molecule has 0 aromatic carbocycles. The van der Waals surface area contributed by atoms with Crippen LogP contribution in [0, 0.1) is 0 Å². The van der Waals surface area contributed by atoms with Gasteiger partial charge in [0.2, 0.25) is 0 Å². The van der Waals surface area contributed by atoms with Crippen molar-refractivity contribution in [2.45, 2.75) is 12.8 Å². The summed E-state index contributed by atoms with van der Waals surface area (Å²) in [6, 6.07) is 3.55. The Kier molecular flexibility index (Phi) is 2.78. The summed E-state index contributed by atoms with van der Waals surface area (Å²) in [5, 5.41) is 8.74. The highest BCUT2D eigenvalue weighted by atomic mass is 16.2. The third-order valence-corrected chi connectivity index (χ3v) is 2.33. The molecule has 15 heavy (non-hydrogen) atoms. The van der Waals surface area contributed by atoms with E-state index in [2.05, 4.69) is 4.98 Å². The van der Waals surface area contributed by atoms with Crippen molar-refractivity contribution >= 4 is 11.8 Å². The van der Waals surface area contributed by atoms with Crippen molar-refractivity contribution in [3.63, 3.8) is 0 Å². The largest absolute Gasteiger partial charge is 0.396 e. The van der Waals surface area contributed by atoms with Crippen LogP contribution >= 0.6 is 0 Å². The molecule has 0 saturated heterocycles. The maximum absolute atomic E-state index is 10.6. The summed E-state index contributed by atoms with van der Waals surface area (Å²) in [4.78, 5) is 14.8. The molecule has 0 atom stereocenters. The van der Waals surface area contributed by atoms with Gasteiger partial charge in [0.15, 0.2) is 0 Å². The first-order chi connectivity index (χ1) is 7.35. The second-order valence-electron chi connectivity index (χ2n) is 3.37. The number of aliphatic hydroxyl groups excluding tert-OH is 1. The average Bonchev–Trinajstić information content (AvgIpc) is 2.68. The van der Waals surface area contributed by atoms with Gasteiger partial charge in [0.25, 0.3) is 0 Å². The van der Waals surface area contributed by atoms with E-state index in [1.165, 1.54) is 0 Å². The minimum atomic E-state index is 0.168. The molecule has 2 heterocycles. The summed E-state index contributed by atoms with van der Waals surface area (Å²) in [6.07, 6.45) is 5.83.